The van der Waals surface area contributed by atoms with Gasteiger partial charge in [-0.15, -0.1) is 0 Å². The minimum Gasteiger partial charge on any atom is -0.411 e. The minimum atomic E-state index is -0.256. The lowest BCUT2D eigenvalue weighted by Crippen LogP contribution is -2.36. The number of rotatable bonds is 0. The summed E-state index contributed by atoms with van der Waals surface area (Å²) in [6.07, 6.45) is 1.88. The van der Waals surface area contributed by atoms with Gasteiger partial charge in [0.25, 0.3) is 0 Å². The van der Waals surface area contributed by atoms with Gasteiger partial charge in [0, 0.05) is 0 Å². The van der Waals surface area contributed by atoms with E-state index in [4.69, 9.17) is 5.21 Å². The number of hydrogen-bond donors (Lipinski definition) is 2. The van der Waals surface area contributed by atoms with E-state index in [0.717, 1.165) is 12.1 Å². The zero-order chi connectivity index (χ0) is 8.48. The molecule has 0 heterocycles. The van der Waals surface area contributed by atoms with E-state index in [1.165, 1.54) is 0 Å². The predicted octanol–water partition coefficient (Wildman–Crippen LogP) is 1.39. The Hall–Kier alpha value is -0.570. The molecule has 1 unspecified atom stereocenters. The van der Waals surface area contributed by atoms with Crippen molar-refractivity contribution in [1.82, 2.24) is 0 Å². The lowest BCUT2D eigenvalue weighted by atomic mass is 9.74. The van der Waals surface area contributed by atoms with E-state index < -0.39 is 0 Å². The van der Waals surface area contributed by atoms with E-state index in [0.29, 0.717) is 12.8 Å². The monoisotopic (exact) mass is 157 g/mol. The Morgan fingerprint density at radius 2 is 2.18 bits per heavy atom. The third-order valence-corrected chi connectivity index (χ3v) is 2.41. The number of hydrogen-bond acceptors (Lipinski definition) is 3. The third-order valence-electron chi connectivity index (χ3n) is 2.41. The highest BCUT2D eigenvalue weighted by atomic mass is 16.4. The van der Waals surface area contributed by atoms with Crippen LogP contribution in [0.3, 0.4) is 0 Å². The molecule has 0 aromatic rings. The van der Waals surface area contributed by atoms with Crippen LogP contribution in [0.4, 0.5) is 0 Å². The highest BCUT2D eigenvalue weighted by molar-refractivity contribution is 5.85. The van der Waals surface area contributed by atoms with E-state index in [1.54, 1.807) is 0 Å². The van der Waals surface area contributed by atoms with Gasteiger partial charge in [0.05, 0.1) is 11.8 Å². The van der Waals surface area contributed by atoms with E-state index in [9.17, 15) is 5.11 Å². The summed E-state index contributed by atoms with van der Waals surface area (Å²) in [4.78, 5) is 0. The fourth-order valence-corrected chi connectivity index (χ4v) is 1.51. The molecule has 3 heteroatoms. The Kier molecular flexibility index (Phi) is 2.18. The topological polar surface area (TPSA) is 52.8 Å². The molecule has 0 saturated heterocycles. The summed E-state index contributed by atoms with van der Waals surface area (Å²) in [5.74, 6) is 0. The lowest BCUT2D eigenvalue weighted by molar-refractivity contribution is 0.0394. The van der Waals surface area contributed by atoms with Crippen LogP contribution in [0.2, 0.25) is 0 Å². The van der Waals surface area contributed by atoms with E-state index in [2.05, 4.69) is 5.16 Å². The first-order valence-electron chi connectivity index (χ1n) is 3.94. The van der Waals surface area contributed by atoms with Crippen molar-refractivity contribution in [1.29, 1.82) is 0 Å². The molecule has 0 aliphatic heterocycles. The lowest BCUT2D eigenvalue weighted by Gasteiger charge is -2.34. The van der Waals surface area contributed by atoms with Gasteiger partial charge in [0.2, 0.25) is 0 Å². The normalized spacial score (nSPS) is 34.1. The second-order valence-electron chi connectivity index (χ2n) is 3.89. The minimum absolute atomic E-state index is 0.125. The van der Waals surface area contributed by atoms with Gasteiger partial charge in [-0.25, -0.2) is 0 Å². The first-order valence-corrected chi connectivity index (χ1v) is 3.94. The highest BCUT2D eigenvalue weighted by Crippen LogP contribution is 2.33. The summed E-state index contributed by atoms with van der Waals surface area (Å²) in [7, 11) is 0. The standard InChI is InChI=1S/C8H15NO2/c1-8(2)5-6(9-11)3-4-7(8)10/h7,10-11H,3-5H2,1-2H3. The van der Waals surface area contributed by atoms with Gasteiger partial charge in [-0.3, -0.25) is 0 Å². The molecule has 2 N–H and O–H groups in total. The van der Waals surface area contributed by atoms with Crippen molar-refractivity contribution in [2.24, 2.45) is 10.6 Å². The van der Waals surface area contributed by atoms with Crippen LogP contribution in [0.15, 0.2) is 5.16 Å². The molecule has 1 aliphatic carbocycles. The molecular weight excluding hydrogens is 142 g/mol. The molecule has 0 amide bonds. The number of nitrogens with zero attached hydrogens (tertiary/aromatic N) is 1. The van der Waals surface area contributed by atoms with Gasteiger partial charge in [0.1, 0.15) is 0 Å². The molecule has 1 atom stereocenters. The maximum Gasteiger partial charge on any atom is 0.0598 e. The van der Waals surface area contributed by atoms with E-state index in [1.807, 2.05) is 13.8 Å². The van der Waals surface area contributed by atoms with Crippen LogP contribution in [0.25, 0.3) is 0 Å². The maximum atomic E-state index is 9.51. The van der Waals surface area contributed by atoms with Crippen LogP contribution in [0, 0.1) is 5.41 Å². The maximum absolute atomic E-state index is 9.51. The summed E-state index contributed by atoms with van der Waals surface area (Å²) in [6.45, 7) is 3.98. The molecule has 11 heavy (non-hydrogen) atoms. The van der Waals surface area contributed by atoms with Crippen LogP contribution in [-0.4, -0.2) is 22.1 Å². The van der Waals surface area contributed by atoms with Gasteiger partial charge >= 0.3 is 0 Å². The highest BCUT2D eigenvalue weighted by Gasteiger charge is 2.33. The fourth-order valence-electron chi connectivity index (χ4n) is 1.51. The Balaban J connectivity index is 2.67. The molecule has 0 aromatic heterocycles. The van der Waals surface area contributed by atoms with E-state index >= 15 is 0 Å². The van der Waals surface area contributed by atoms with Gasteiger partial charge < -0.3 is 10.3 Å². The molecular formula is C8H15NO2. The summed E-state index contributed by atoms with van der Waals surface area (Å²) in [5, 5.41) is 21.2. The molecule has 0 radical (unpaired) electrons. The zero-order valence-electron chi connectivity index (χ0n) is 7.04. The SMILES string of the molecule is CC1(C)CC(=NO)CCC1O. The van der Waals surface area contributed by atoms with Crippen LogP contribution in [0.1, 0.15) is 33.1 Å². The average molecular weight is 157 g/mol. The predicted molar refractivity (Wildman–Crippen MR) is 42.9 cm³/mol. The van der Waals surface area contributed by atoms with Crippen molar-refractivity contribution in [2.75, 3.05) is 0 Å². The molecule has 0 spiro atoms. The van der Waals surface area contributed by atoms with Gasteiger partial charge in [-0.1, -0.05) is 19.0 Å². The van der Waals surface area contributed by atoms with Crippen molar-refractivity contribution in [3.63, 3.8) is 0 Å². The fraction of sp³-hybridized carbons (Fsp3) is 0.875. The molecule has 0 aromatic carbocycles. The van der Waals surface area contributed by atoms with Gasteiger partial charge in [0.15, 0.2) is 0 Å². The smallest absolute Gasteiger partial charge is 0.0598 e. The average Bonchev–Trinajstić information content (AvgIpc) is 1.95. The molecule has 1 fully saturated rings. The second-order valence-corrected chi connectivity index (χ2v) is 3.89. The summed E-state index contributed by atoms with van der Waals surface area (Å²) in [5.41, 5.74) is 0.681. The van der Waals surface area contributed by atoms with Gasteiger partial charge in [-0.05, 0) is 24.7 Å². The van der Waals surface area contributed by atoms with Crippen molar-refractivity contribution < 1.29 is 10.3 Å². The van der Waals surface area contributed by atoms with Crippen LogP contribution in [0.5, 0.6) is 0 Å². The first kappa shape index (κ1) is 8.53. The number of aliphatic hydroxyl groups excluding tert-OH is 1. The Labute approximate surface area is 66.7 Å². The molecule has 1 saturated carbocycles. The number of oxime groups is 1. The Morgan fingerprint density at radius 1 is 1.55 bits per heavy atom. The molecule has 3 nitrogen and oxygen atoms in total. The van der Waals surface area contributed by atoms with Crippen LogP contribution >= 0.6 is 0 Å². The summed E-state index contributed by atoms with van der Waals surface area (Å²) in [6, 6.07) is 0. The largest absolute Gasteiger partial charge is 0.411 e. The molecule has 0 bridgehead atoms. The van der Waals surface area contributed by atoms with Crippen LogP contribution in [-0.2, 0) is 0 Å². The molecule has 64 valence electrons. The quantitative estimate of drug-likeness (QED) is 0.412. The number of aliphatic hydroxyl groups is 1. The zero-order valence-corrected chi connectivity index (χ0v) is 7.04. The third kappa shape index (κ3) is 1.71. The summed E-state index contributed by atoms with van der Waals surface area (Å²) < 4.78 is 0. The first-order chi connectivity index (χ1) is 5.06. The second kappa shape index (κ2) is 2.81. The van der Waals surface area contributed by atoms with Crippen molar-refractivity contribution in [3.8, 4) is 0 Å². The van der Waals surface area contributed by atoms with Crippen molar-refractivity contribution in [3.05, 3.63) is 0 Å². The molecule has 1 aliphatic rings. The molecule has 1 rings (SSSR count). The van der Waals surface area contributed by atoms with Crippen molar-refractivity contribution in [2.45, 2.75) is 39.2 Å². The van der Waals surface area contributed by atoms with Crippen molar-refractivity contribution >= 4 is 5.71 Å². The summed E-state index contributed by atoms with van der Waals surface area (Å²) >= 11 is 0. The Bertz CT molecular complexity index is 175. The van der Waals surface area contributed by atoms with E-state index in [-0.39, 0.29) is 11.5 Å². The van der Waals surface area contributed by atoms with Crippen LogP contribution < -0.4 is 0 Å². The Morgan fingerprint density at radius 3 is 2.64 bits per heavy atom. The van der Waals surface area contributed by atoms with Gasteiger partial charge in [-0.2, -0.15) is 0 Å².